The van der Waals surface area contributed by atoms with Gasteiger partial charge in [0.1, 0.15) is 5.75 Å². The van der Waals surface area contributed by atoms with Gasteiger partial charge in [-0.25, -0.2) is 4.79 Å². The molecule has 2 aliphatic rings. The first kappa shape index (κ1) is 12.3. The minimum absolute atomic E-state index is 0.323. The summed E-state index contributed by atoms with van der Waals surface area (Å²) in [5, 5.41) is 12.7. The average Bonchev–Trinajstić information content (AvgIpc) is 3.00. The molecule has 0 heterocycles. The fraction of sp³-hybridized carbons (Fsp3) is 0.533. The van der Waals surface area contributed by atoms with Crippen molar-refractivity contribution < 1.29 is 14.6 Å². The molecule has 4 heteroatoms. The number of carboxylic acid groups (broad SMARTS) is 1. The van der Waals surface area contributed by atoms with Crippen LogP contribution < -0.4 is 10.1 Å². The Kier molecular flexibility index (Phi) is 3.09. The molecule has 0 aliphatic heterocycles. The summed E-state index contributed by atoms with van der Waals surface area (Å²) in [4.78, 5) is 11.3. The number of fused-ring (bicyclic) bond motifs is 2. The quantitative estimate of drug-likeness (QED) is 0.874. The van der Waals surface area contributed by atoms with Crippen LogP contribution in [0.3, 0.4) is 0 Å². The third kappa shape index (κ3) is 2.27. The first-order valence-electron chi connectivity index (χ1n) is 6.85. The van der Waals surface area contributed by atoms with Gasteiger partial charge in [-0.05, 0) is 43.2 Å². The van der Waals surface area contributed by atoms with E-state index in [1.807, 2.05) is 0 Å². The van der Waals surface area contributed by atoms with Gasteiger partial charge in [0.2, 0.25) is 0 Å². The van der Waals surface area contributed by atoms with Crippen molar-refractivity contribution in [2.24, 2.45) is 11.8 Å². The van der Waals surface area contributed by atoms with Gasteiger partial charge in [-0.2, -0.15) is 0 Å². The summed E-state index contributed by atoms with van der Waals surface area (Å²) < 4.78 is 5.18. The van der Waals surface area contributed by atoms with Crippen LogP contribution in [0, 0.1) is 11.8 Å². The summed E-state index contributed by atoms with van der Waals surface area (Å²) in [5.74, 6) is 1.34. The molecule has 19 heavy (non-hydrogen) atoms. The molecule has 1 aromatic carbocycles. The number of hydrogen-bond acceptors (Lipinski definition) is 3. The Bertz CT molecular complexity index is 500. The van der Waals surface area contributed by atoms with Crippen molar-refractivity contribution in [2.75, 3.05) is 12.4 Å². The lowest BCUT2D eigenvalue weighted by Gasteiger charge is -2.25. The maximum atomic E-state index is 11.3. The topological polar surface area (TPSA) is 58.6 Å². The van der Waals surface area contributed by atoms with Crippen molar-refractivity contribution in [1.82, 2.24) is 0 Å². The lowest BCUT2D eigenvalue weighted by molar-refractivity contribution is 0.0698. The van der Waals surface area contributed by atoms with Crippen LogP contribution in [-0.2, 0) is 0 Å². The summed E-state index contributed by atoms with van der Waals surface area (Å²) in [5.41, 5.74) is 1.01. The predicted molar refractivity (Wildman–Crippen MR) is 72.8 cm³/mol. The summed E-state index contributed by atoms with van der Waals surface area (Å²) in [6, 6.07) is 5.51. The molecule has 102 valence electrons. The maximum absolute atomic E-state index is 11.3. The van der Waals surface area contributed by atoms with Gasteiger partial charge >= 0.3 is 5.97 Å². The van der Waals surface area contributed by atoms with E-state index in [0.29, 0.717) is 29.0 Å². The Morgan fingerprint density at radius 1 is 1.37 bits per heavy atom. The third-order valence-corrected chi connectivity index (χ3v) is 4.54. The molecule has 0 aromatic heterocycles. The monoisotopic (exact) mass is 261 g/mol. The highest BCUT2D eigenvalue weighted by atomic mass is 16.5. The van der Waals surface area contributed by atoms with Gasteiger partial charge in [0, 0.05) is 12.1 Å². The van der Waals surface area contributed by atoms with Gasteiger partial charge in [0.15, 0.2) is 0 Å². The van der Waals surface area contributed by atoms with E-state index in [1.54, 1.807) is 25.3 Å². The number of carboxylic acids is 1. The van der Waals surface area contributed by atoms with Crippen molar-refractivity contribution in [2.45, 2.75) is 31.7 Å². The van der Waals surface area contributed by atoms with Crippen LogP contribution in [0.15, 0.2) is 18.2 Å². The second-order valence-corrected chi connectivity index (χ2v) is 5.64. The van der Waals surface area contributed by atoms with Crippen LogP contribution in [0.4, 0.5) is 5.69 Å². The number of rotatable bonds is 4. The molecule has 1 aromatic rings. The smallest absolute Gasteiger partial charge is 0.337 e. The minimum Gasteiger partial charge on any atom is -0.497 e. The molecule has 3 unspecified atom stereocenters. The lowest BCUT2D eigenvalue weighted by atomic mass is 9.95. The Hall–Kier alpha value is -1.71. The van der Waals surface area contributed by atoms with Gasteiger partial charge in [0.25, 0.3) is 0 Å². The van der Waals surface area contributed by atoms with E-state index in [9.17, 15) is 9.90 Å². The molecule has 0 spiro atoms. The van der Waals surface area contributed by atoms with Crippen LogP contribution in [-0.4, -0.2) is 24.2 Å². The van der Waals surface area contributed by atoms with E-state index in [-0.39, 0.29) is 0 Å². The number of hydrogen-bond donors (Lipinski definition) is 2. The van der Waals surface area contributed by atoms with E-state index in [1.165, 1.54) is 25.7 Å². The molecular weight excluding hydrogens is 242 g/mol. The van der Waals surface area contributed by atoms with Gasteiger partial charge in [-0.1, -0.05) is 6.42 Å². The van der Waals surface area contributed by atoms with Crippen LogP contribution in [0.25, 0.3) is 0 Å². The first-order chi connectivity index (χ1) is 9.17. The third-order valence-electron chi connectivity index (χ3n) is 4.54. The Balaban J connectivity index is 1.84. The summed E-state index contributed by atoms with van der Waals surface area (Å²) in [6.45, 7) is 0. The molecule has 4 nitrogen and oxygen atoms in total. The largest absolute Gasteiger partial charge is 0.497 e. The van der Waals surface area contributed by atoms with Gasteiger partial charge in [0.05, 0.1) is 18.4 Å². The lowest BCUT2D eigenvalue weighted by Crippen LogP contribution is -2.26. The zero-order valence-electron chi connectivity index (χ0n) is 11.1. The molecule has 0 radical (unpaired) electrons. The van der Waals surface area contributed by atoms with Crippen molar-refractivity contribution in [3.8, 4) is 5.75 Å². The minimum atomic E-state index is -0.895. The van der Waals surface area contributed by atoms with Gasteiger partial charge < -0.3 is 15.2 Å². The Labute approximate surface area is 112 Å². The number of anilines is 1. The Morgan fingerprint density at radius 2 is 2.21 bits per heavy atom. The van der Waals surface area contributed by atoms with Crippen molar-refractivity contribution >= 4 is 11.7 Å². The Morgan fingerprint density at radius 3 is 2.79 bits per heavy atom. The SMILES string of the molecule is COc1ccc(C(=O)O)c(NC2CC3CCC2C3)c1. The molecular formula is C15H19NO3. The fourth-order valence-electron chi connectivity index (χ4n) is 3.58. The van der Waals surface area contributed by atoms with E-state index in [0.717, 1.165) is 5.92 Å². The first-order valence-corrected chi connectivity index (χ1v) is 6.85. The summed E-state index contributed by atoms with van der Waals surface area (Å²) >= 11 is 0. The number of ether oxygens (including phenoxy) is 1. The van der Waals surface area contributed by atoms with Crippen LogP contribution in [0.1, 0.15) is 36.0 Å². The fourth-order valence-corrected chi connectivity index (χ4v) is 3.58. The van der Waals surface area contributed by atoms with E-state index in [4.69, 9.17) is 4.74 Å². The van der Waals surface area contributed by atoms with E-state index < -0.39 is 5.97 Å². The molecule has 2 fully saturated rings. The maximum Gasteiger partial charge on any atom is 0.337 e. The van der Waals surface area contributed by atoms with Crippen molar-refractivity contribution in [3.63, 3.8) is 0 Å². The molecule has 2 N–H and O–H groups in total. The number of aromatic carboxylic acids is 1. The van der Waals surface area contributed by atoms with Gasteiger partial charge in [-0.3, -0.25) is 0 Å². The number of nitrogens with one attached hydrogen (secondary N) is 1. The standard InChI is InChI=1S/C15H19NO3/c1-19-11-4-5-12(15(17)18)14(8-11)16-13-7-9-2-3-10(13)6-9/h4-5,8-10,13,16H,2-3,6-7H2,1H3,(H,17,18). The van der Waals surface area contributed by atoms with Crippen LogP contribution in [0.5, 0.6) is 5.75 Å². The molecule has 2 aliphatic carbocycles. The predicted octanol–water partition coefficient (Wildman–Crippen LogP) is 2.99. The summed E-state index contributed by atoms with van der Waals surface area (Å²) in [7, 11) is 1.59. The zero-order chi connectivity index (χ0) is 13.4. The number of benzene rings is 1. The average molecular weight is 261 g/mol. The van der Waals surface area contributed by atoms with Crippen molar-refractivity contribution in [3.05, 3.63) is 23.8 Å². The molecule has 2 bridgehead atoms. The highest BCUT2D eigenvalue weighted by Crippen LogP contribution is 2.45. The molecule has 0 saturated heterocycles. The number of carbonyl (C=O) groups is 1. The summed E-state index contributed by atoms with van der Waals surface area (Å²) in [6.07, 6.45) is 5.08. The highest BCUT2D eigenvalue weighted by molar-refractivity contribution is 5.94. The highest BCUT2D eigenvalue weighted by Gasteiger charge is 2.39. The normalized spacial score (nSPS) is 28.4. The molecule has 0 amide bonds. The van der Waals surface area contributed by atoms with Crippen LogP contribution >= 0.6 is 0 Å². The second kappa shape index (κ2) is 4.76. The molecule has 2 saturated carbocycles. The molecule has 3 atom stereocenters. The van der Waals surface area contributed by atoms with E-state index in [2.05, 4.69) is 5.32 Å². The second-order valence-electron chi connectivity index (χ2n) is 5.64. The van der Waals surface area contributed by atoms with Crippen molar-refractivity contribution in [1.29, 1.82) is 0 Å². The molecule has 3 rings (SSSR count). The van der Waals surface area contributed by atoms with Crippen LogP contribution in [0.2, 0.25) is 0 Å². The van der Waals surface area contributed by atoms with Gasteiger partial charge in [-0.15, -0.1) is 0 Å². The zero-order valence-corrected chi connectivity index (χ0v) is 11.1. The number of methoxy groups -OCH3 is 1. The van der Waals surface area contributed by atoms with E-state index >= 15 is 0 Å².